The van der Waals surface area contributed by atoms with Crippen molar-refractivity contribution in [2.75, 3.05) is 32.1 Å². The molecule has 0 aromatic heterocycles. The Hall–Kier alpha value is -4.25. The first-order valence-corrected chi connectivity index (χ1v) is 12.6. The van der Waals surface area contributed by atoms with Crippen LogP contribution in [-0.4, -0.2) is 67.0 Å². The average Bonchev–Trinajstić information content (AvgIpc) is 3.11. The number of nitrogens with one attached hydrogen (secondary N) is 3. The number of ether oxygens (including phenoxy) is 2. The number of imide groups is 1. The van der Waals surface area contributed by atoms with Crippen molar-refractivity contribution >= 4 is 35.4 Å². The molecule has 11 nitrogen and oxygen atoms in total. The van der Waals surface area contributed by atoms with Crippen molar-refractivity contribution in [3.8, 4) is 0 Å². The highest BCUT2D eigenvalue weighted by Crippen LogP contribution is 2.24. The van der Waals surface area contributed by atoms with Crippen LogP contribution in [0.2, 0.25) is 0 Å². The normalized spacial score (nSPS) is 12.7. The van der Waals surface area contributed by atoms with Gasteiger partial charge in [-0.25, -0.2) is 4.79 Å². The van der Waals surface area contributed by atoms with Gasteiger partial charge in [-0.1, -0.05) is 12.1 Å². The van der Waals surface area contributed by atoms with Crippen LogP contribution in [0.4, 0.5) is 10.5 Å². The van der Waals surface area contributed by atoms with Crippen LogP contribution in [-0.2, 0) is 20.8 Å². The lowest BCUT2D eigenvalue weighted by atomic mass is 10.1. The molecule has 39 heavy (non-hydrogen) atoms. The lowest BCUT2D eigenvalue weighted by Gasteiger charge is -2.19. The van der Waals surface area contributed by atoms with Gasteiger partial charge in [0.1, 0.15) is 5.60 Å². The highest BCUT2D eigenvalue weighted by molar-refractivity contribution is 6.22. The highest BCUT2D eigenvalue weighted by atomic mass is 16.6. The van der Waals surface area contributed by atoms with Crippen molar-refractivity contribution in [2.45, 2.75) is 45.8 Å². The van der Waals surface area contributed by atoms with E-state index in [0.717, 1.165) is 5.56 Å². The Kier molecular flexibility index (Phi) is 9.78. The third kappa shape index (κ3) is 8.37. The maximum absolute atomic E-state index is 12.8. The summed E-state index contributed by atoms with van der Waals surface area (Å²) >= 11 is 0. The molecule has 0 bridgehead atoms. The molecule has 0 radical (unpaired) electrons. The number of alkyl carbamates (subject to hydrolysis) is 1. The van der Waals surface area contributed by atoms with Gasteiger partial charge in [-0.2, -0.15) is 0 Å². The second kappa shape index (κ2) is 13.0. The van der Waals surface area contributed by atoms with E-state index in [-0.39, 0.29) is 54.6 Å². The highest BCUT2D eigenvalue weighted by Gasteiger charge is 2.35. The lowest BCUT2D eigenvalue weighted by molar-refractivity contribution is -0.116. The van der Waals surface area contributed by atoms with Crippen molar-refractivity contribution in [3.05, 3.63) is 64.7 Å². The fraction of sp³-hybridized carbons (Fsp3) is 0.393. The van der Waals surface area contributed by atoms with Crippen molar-refractivity contribution in [1.29, 1.82) is 0 Å². The second-order valence-corrected chi connectivity index (χ2v) is 9.98. The van der Waals surface area contributed by atoms with E-state index in [9.17, 15) is 24.0 Å². The Morgan fingerprint density at radius 1 is 0.949 bits per heavy atom. The topological polar surface area (TPSA) is 143 Å². The zero-order chi connectivity index (χ0) is 28.6. The molecular formula is C28H34N4O7. The summed E-state index contributed by atoms with van der Waals surface area (Å²) in [5.41, 5.74) is 1.40. The molecule has 11 heteroatoms. The maximum atomic E-state index is 12.8. The van der Waals surface area contributed by atoms with E-state index in [4.69, 9.17) is 9.47 Å². The molecule has 0 spiro atoms. The summed E-state index contributed by atoms with van der Waals surface area (Å²) in [5, 5.41) is 8.08. The second-order valence-electron chi connectivity index (χ2n) is 9.98. The zero-order valence-corrected chi connectivity index (χ0v) is 22.6. The van der Waals surface area contributed by atoms with Crippen LogP contribution in [0.5, 0.6) is 0 Å². The number of carbonyl (C=O) groups is 5. The van der Waals surface area contributed by atoms with Crippen molar-refractivity contribution in [1.82, 2.24) is 15.5 Å². The molecule has 0 fully saturated rings. The summed E-state index contributed by atoms with van der Waals surface area (Å²) in [6.45, 7) is 6.23. The summed E-state index contributed by atoms with van der Waals surface area (Å²) < 4.78 is 10.1. The van der Waals surface area contributed by atoms with E-state index < -0.39 is 23.5 Å². The molecule has 0 saturated heterocycles. The Morgan fingerprint density at radius 3 is 2.41 bits per heavy atom. The van der Waals surface area contributed by atoms with Gasteiger partial charge in [-0.05, 0) is 63.1 Å². The largest absolute Gasteiger partial charge is 0.444 e. The third-order valence-corrected chi connectivity index (χ3v) is 5.65. The van der Waals surface area contributed by atoms with Crippen LogP contribution >= 0.6 is 0 Å². The van der Waals surface area contributed by atoms with Gasteiger partial charge in [0.25, 0.3) is 17.7 Å². The Labute approximate surface area is 227 Å². The van der Waals surface area contributed by atoms with E-state index in [0.29, 0.717) is 18.7 Å². The number of hydrogen-bond acceptors (Lipinski definition) is 7. The minimum atomic E-state index is -0.621. The smallest absolute Gasteiger partial charge is 0.407 e. The standard InChI is InChI=1S/C28H34N4O7/c1-28(2,3)39-27(37)29-12-11-23(33)31-20-8-5-7-18(15-20)17-30-24(34)19-9-10-21-22(16-19)26(36)32(25(21)35)13-6-14-38-4/h5,7-10,15-16H,6,11-14,17H2,1-4H3,(H,29,37)(H,30,34)(H,31,33). The van der Waals surface area contributed by atoms with Crippen LogP contribution in [0.1, 0.15) is 70.3 Å². The fourth-order valence-electron chi connectivity index (χ4n) is 3.86. The van der Waals surface area contributed by atoms with Crippen LogP contribution in [0, 0.1) is 0 Å². The molecule has 0 saturated carbocycles. The average molecular weight is 539 g/mol. The summed E-state index contributed by atoms with van der Waals surface area (Å²) in [5.74, 6) is -1.50. The number of anilines is 1. The van der Waals surface area contributed by atoms with E-state index in [1.165, 1.54) is 23.1 Å². The van der Waals surface area contributed by atoms with E-state index in [2.05, 4.69) is 16.0 Å². The number of hydrogen-bond donors (Lipinski definition) is 3. The first-order valence-electron chi connectivity index (χ1n) is 12.6. The third-order valence-electron chi connectivity index (χ3n) is 5.65. The lowest BCUT2D eigenvalue weighted by Crippen LogP contribution is -2.34. The fourth-order valence-corrected chi connectivity index (χ4v) is 3.86. The SMILES string of the molecule is COCCCN1C(=O)c2ccc(C(=O)NCc3cccc(NC(=O)CCNC(=O)OC(C)(C)C)c3)cc2C1=O. The zero-order valence-electron chi connectivity index (χ0n) is 22.6. The van der Waals surface area contributed by atoms with Crippen molar-refractivity contribution in [3.63, 3.8) is 0 Å². The summed E-state index contributed by atoms with van der Waals surface area (Å²) in [7, 11) is 1.55. The van der Waals surface area contributed by atoms with Crippen LogP contribution in [0.3, 0.4) is 0 Å². The Balaban J connectivity index is 1.51. The first-order chi connectivity index (χ1) is 18.5. The van der Waals surface area contributed by atoms with Gasteiger partial charge in [-0.3, -0.25) is 24.1 Å². The Morgan fingerprint density at radius 2 is 1.69 bits per heavy atom. The molecule has 0 unspecified atom stereocenters. The van der Waals surface area contributed by atoms with Gasteiger partial charge >= 0.3 is 6.09 Å². The van der Waals surface area contributed by atoms with Crippen molar-refractivity contribution in [2.24, 2.45) is 0 Å². The predicted molar refractivity (Wildman–Crippen MR) is 143 cm³/mol. The number of nitrogens with zero attached hydrogens (tertiary/aromatic N) is 1. The molecule has 0 atom stereocenters. The molecule has 3 rings (SSSR count). The van der Waals surface area contributed by atoms with E-state index in [1.54, 1.807) is 52.1 Å². The number of carbonyl (C=O) groups excluding carboxylic acids is 5. The van der Waals surface area contributed by atoms with Crippen LogP contribution in [0.25, 0.3) is 0 Å². The number of methoxy groups -OCH3 is 1. The molecule has 0 aliphatic carbocycles. The summed E-state index contributed by atoms with van der Waals surface area (Å²) in [6.07, 6.45) is -0.00626. The Bertz CT molecular complexity index is 1250. The molecule has 5 amide bonds. The number of amides is 5. The molecule has 208 valence electrons. The molecule has 2 aromatic rings. The van der Waals surface area contributed by atoms with Gasteiger partial charge in [0, 0.05) is 51.0 Å². The molecule has 2 aromatic carbocycles. The molecule has 3 N–H and O–H groups in total. The van der Waals surface area contributed by atoms with Crippen molar-refractivity contribution < 1.29 is 33.4 Å². The molecule has 1 aliphatic heterocycles. The minimum Gasteiger partial charge on any atom is -0.444 e. The van der Waals surface area contributed by atoms with Gasteiger partial charge in [0.15, 0.2) is 0 Å². The van der Waals surface area contributed by atoms with E-state index >= 15 is 0 Å². The number of rotatable bonds is 11. The monoisotopic (exact) mass is 538 g/mol. The van der Waals surface area contributed by atoms with Gasteiger partial charge in [-0.15, -0.1) is 0 Å². The van der Waals surface area contributed by atoms with E-state index in [1.807, 2.05) is 0 Å². The molecular weight excluding hydrogens is 504 g/mol. The maximum Gasteiger partial charge on any atom is 0.407 e. The van der Waals surface area contributed by atoms with Gasteiger partial charge in [0.2, 0.25) is 5.91 Å². The molecule has 1 aliphatic rings. The predicted octanol–water partition coefficient (Wildman–Crippen LogP) is 3.10. The first kappa shape index (κ1) is 29.3. The van der Waals surface area contributed by atoms with Crippen LogP contribution < -0.4 is 16.0 Å². The number of fused-ring (bicyclic) bond motifs is 1. The van der Waals surface area contributed by atoms with Crippen LogP contribution in [0.15, 0.2) is 42.5 Å². The van der Waals surface area contributed by atoms with Gasteiger partial charge in [0.05, 0.1) is 11.1 Å². The molecule has 1 heterocycles. The minimum absolute atomic E-state index is 0.0591. The summed E-state index contributed by atoms with van der Waals surface area (Å²) in [4.78, 5) is 63.1. The van der Waals surface area contributed by atoms with Gasteiger partial charge < -0.3 is 25.4 Å². The summed E-state index contributed by atoms with van der Waals surface area (Å²) in [6, 6.07) is 11.4. The quantitative estimate of drug-likeness (QED) is 0.295. The number of benzene rings is 2.